The van der Waals surface area contributed by atoms with Crippen molar-refractivity contribution >= 4 is 24.8 Å². The number of nitrogens with one attached hydrogen (secondary N) is 1. The fourth-order valence-corrected chi connectivity index (χ4v) is 2.46. The molecular formula is C14H24Cl2N2. The second-order valence-corrected chi connectivity index (χ2v) is 4.88. The Morgan fingerprint density at radius 1 is 1.11 bits per heavy atom. The quantitative estimate of drug-likeness (QED) is 0.917. The molecule has 1 aliphatic rings. The number of benzene rings is 1. The van der Waals surface area contributed by atoms with Gasteiger partial charge in [-0.25, -0.2) is 0 Å². The smallest absolute Gasteiger partial charge is 0.0230 e. The summed E-state index contributed by atoms with van der Waals surface area (Å²) in [6, 6.07) is 10.7. The number of hydrogen-bond acceptors (Lipinski definition) is 2. The lowest BCUT2D eigenvalue weighted by Gasteiger charge is -2.27. The van der Waals surface area contributed by atoms with E-state index in [4.69, 9.17) is 0 Å². The highest BCUT2D eigenvalue weighted by Crippen LogP contribution is 2.14. The van der Waals surface area contributed by atoms with Crippen molar-refractivity contribution in [1.29, 1.82) is 0 Å². The minimum absolute atomic E-state index is 0. The topological polar surface area (TPSA) is 15.3 Å². The number of halogens is 2. The van der Waals surface area contributed by atoms with Crippen molar-refractivity contribution in [1.82, 2.24) is 10.2 Å². The van der Waals surface area contributed by atoms with E-state index in [1.54, 1.807) is 0 Å². The van der Waals surface area contributed by atoms with Crippen molar-refractivity contribution in [3.8, 4) is 0 Å². The van der Waals surface area contributed by atoms with Gasteiger partial charge in [-0.15, -0.1) is 24.8 Å². The lowest BCUT2D eigenvalue weighted by molar-refractivity contribution is 0.234. The first-order chi connectivity index (χ1) is 7.84. The molecule has 1 N–H and O–H groups in total. The Labute approximate surface area is 123 Å². The van der Waals surface area contributed by atoms with E-state index in [0.29, 0.717) is 0 Å². The van der Waals surface area contributed by atoms with Crippen LogP contribution in [0.2, 0.25) is 0 Å². The van der Waals surface area contributed by atoms with Crippen molar-refractivity contribution in [3.05, 3.63) is 35.9 Å². The molecule has 1 saturated heterocycles. The molecule has 1 fully saturated rings. The van der Waals surface area contributed by atoms with Gasteiger partial charge in [0.25, 0.3) is 0 Å². The first-order valence-corrected chi connectivity index (χ1v) is 6.28. The highest BCUT2D eigenvalue weighted by atomic mass is 35.5. The average Bonchev–Trinajstić information content (AvgIpc) is 2.31. The summed E-state index contributed by atoms with van der Waals surface area (Å²) in [6.07, 6.45) is 2.66. The molecule has 0 atom stereocenters. The van der Waals surface area contributed by atoms with Crippen molar-refractivity contribution in [2.45, 2.75) is 19.4 Å². The fourth-order valence-electron chi connectivity index (χ4n) is 2.46. The molecule has 1 heterocycles. The standard InChI is InChI=1S/C14H22N2.2ClH/c1-16(11-13-5-3-2-4-6-13)12-14-7-9-15-10-8-14;;/h2-6,14-15H,7-12H2,1H3;2*1H. The molecule has 0 saturated carbocycles. The Balaban J connectivity index is 0.00000144. The third kappa shape index (κ3) is 6.05. The fraction of sp³-hybridized carbons (Fsp3) is 0.571. The van der Waals surface area contributed by atoms with Gasteiger partial charge in [0, 0.05) is 13.1 Å². The first-order valence-electron chi connectivity index (χ1n) is 6.28. The van der Waals surface area contributed by atoms with Gasteiger partial charge in [-0.3, -0.25) is 0 Å². The highest BCUT2D eigenvalue weighted by molar-refractivity contribution is 5.85. The van der Waals surface area contributed by atoms with Crippen LogP contribution in [0, 0.1) is 5.92 Å². The summed E-state index contributed by atoms with van der Waals surface area (Å²) in [6.45, 7) is 4.70. The second kappa shape index (κ2) is 9.62. The Kier molecular flexibility index (Phi) is 9.47. The van der Waals surface area contributed by atoms with Crippen LogP contribution in [0.4, 0.5) is 0 Å². The Bertz CT molecular complexity index is 300. The van der Waals surface area contributed by atoms with Gasteiger partial charge >= 0.3 is 0 Å². The largest absolute Gasteiger partial charge is 0.317 e. The van der Waals surface area contributed by atoms with Crippen molar-refractivity contribution in [2.75, 3.05) is 26.7 Å². The number of hydrogen-bond donors (Lipinski definition) is 1. The van der Waals surface area contributed by atoms with E-state index in [2.05, 4.69) is 47.6 Å². The van der Waals surface area contributed by atoms with Gasteiger partial charge in [-0.1, -0.05) is 30.3 Å². The van der Waals surface area contributed by atoms with Gasteiger partial charge in [0.05, 0.1) is 0 Å². The molecule has 0 bridgehead atoms. The van der Waals surface area contributed by atoms with Crippen LogP contribution in [0.25, 0.3) is 0 Å². The Hall–Kier alpha value is -0.280. The molecule has 0 aliphatic carbocycles. The number of rotatable bonds is 4. The van der Waals surface area contributed by atoms with E-state index in [1.807, 2.05) is 0 Å². The van der Waals surface area contributed by atoms with E-state index in [0.717, 1.165) is 12.5 Å². The lowest BCUT2D eigenvalue weighted by Crippen LogP contribution is -2.34. The van der Waals surface area contributed by atoms with Crippen LogP contribution >= 0.6 is 24.8 Å². The molecular weight excluding hydrogens is 267 g/mol. The molecule has 18 heavy (non-hydrogen) atoms. The van der Waals surface area contributed by atoms with Gasteiger partial charge in [0.1, 0.15) is 0 Å². The Morgan fingerprint density at radius 3 is 2.33 bits per heavy atom. The van der Waals surface area contributed by atoms with Crippen LogP contribution in [0.3, 0.4) is 0 Å². The minimum atomic E-state index is 0. The molecule has 0 radical (unpaired) electrons. The zero-order valence-corrected chi connectivity index (χ0v) is 12.6. The maximum absolute atomic E-state index is 3.42. The average molecular weight is 291 g/mol. The van der Waals surface area contributed by atoms with E-state index in [1.165, 1.54) is 38.0 Å². The lowest BCUT2D eigenvalue weighted by atomic mass is 9.97. The zero-order chi connectivity index (χ0) is 11.2. The van der Waals surface area contributed by atoms with Gasteiger partial charge in [0.15, 0.2) is 0 Å². The normalized spacial score (nSPS) is 15.9. The van der Waals surface area contributed by atoms with E-state index in [9.17, 15) is 0 Å². The number of piperidine rings is 1. The third-order valence-electron chi connectivity index (χ3n) is 3.32. The maximum Gasteiger partial charge on any atom is 0.0230 e. The monoisotopic (exact) mass is 290 g/mol. The second-order valence-electron chi connectivity index (χ2n) is 4.88. The van der Waals surface area contributed by atoms with E-state index in [-0.39, 0.29) is 24.8 Å². The molecule has 0 amide bonds. The molecule has 104 valence electrons. The Morgan fingerprint density at radius 2 is 1.72 bits per heavy atom. The van der Waals surface area contributed by atoms with E-state index < -0.39 is 0 Å². The van der Waals surface area contributed by atoms with Gasteiger partial charge < -0.3 is 10.2 Å². The number of nitrogens with zero attached hydrogens (tertiary/aromatic N) is 1. The van der Waals surface area contributed by atoms with Gasteiger partial charge in [-0.2, -0.15) is 0 Å². The molecule has 4 heteroatoms. The van der Waals surface area contributed by atoms with Crippen molar-refractivity contribution in [2.24, 2.45) is 5.92 Å². The van der Waals surface area contributed by atoms with Gasteiger partial charge in [0.2, 0.25) is 0 Å². The van der Waals surface area contributed by atoms with Crippen LogP contribution in [-0.2, 0) is 6.54 Å². The molecule has 1 aromatic rings. The molecule has 0 unspecified atom stereocenters. The first kappa shape index (κ1) is 17.7. The summed E-state index contributed by atoms with van der Waals surface area (Å²) in [5, 5.41) is 3.42. The van der Waals surface area contributed by atoms with Crippen LogP contribution in [0.1, 0.15) is 18.4 Å². The van der Waals surface area contributed by atoms with Crippen molar-refractivity contribution in [3.63, 3.8) is 0 Å². The van der Waals surface area contributed by atoms with Crippen LogP contribution < -0.4 is 5.32 Å². The minimum Gasteiger partial charge on any atom is -0.317 e. The summed E-state index contributed by atoms with van der Waals surface area (Å²) in [7, 11) is 2.23. The highest BCUT2D eigenvalue weighted by Gasteiger charge is 2.14. The predicted octanol–water partition coefficient (Wildman–Crippen LogP) is 2.96. The summed E-state index contributed by atoms with van der Waals surface area (Å²) in [5.41, 5.74) is 1.42. The predicted molar refractivity (Wildman–Crippen MR) is 82.9 cm³/mol. The third-order valence-corrected chi connectivity index (χ3v) is 3.32. The summed E-state index contributed by atoms with van der Waals surface area (Å²) < 4.78 is 0. The molecule has 1 aliphatic heterocycles. The summed E-state index contributed by atoms with van der Waals surface area (Å²) in [4.78, 5) is 2.45. The molecule has 0 spiro atoms. The van der Waals surface area contributed by atoms with Crippen LogP contribution in [-0.4, -0.2) is 31.6 Å². The molecule has 1 aromatic carbocycles. The van der Waals surface area contributed by atoms with Crippen LogP contribution in [0.5, 0.6) is 0 Å². The molecule has 0 aromatic heterocycles. The molecule has 2 rings (SSSR count). The zero-order valence-electron chi connectivity index (χ0n) is 11.0. The van der Waals surface area contributed by atoms with Crippen LogP contribution in [0.15, 0.2) is 30.3 Å². The molecule has 2 nitrogen and oxygen atoms in total. The summed E-state index contributed by atoms with van der Waals surface area (Å²) in [5.74, 6) is 0.884. The van der Waals surface area contributed by atoms with Gasteiger partial charge in [-0.05, 0) is 44.5 Å². The maximum atomic E-state index is 3.42. The SMILES string of the molecule is CN(Cc1ccccc1)CC1CCNCC1.Cl.Cl. The summed E-state index contributed by atoms with van der Waals surface area (Å²) >= 11 is 0. The van der Waals surface area contributed by atoms with E-state index >= 15 is 0 Å². The van der Waals surface area contributed by atoms with Crippen molar-refractivity contribution < 1.29 is 0 Å².